The molecule has 0 aromatic carbocycles. The van der Waals surface area contributed by atoms with Gasteiger partial charge < -0.3 is 20.7 Å². The Hall–Kier alpha value is -1.33. The molecule has 1 aromatic rings. The van der Waals surface area contributed by atoms with Gasteiger partial charge in [0.05, 0.1) is 24.1 Å². The number of rotatable bonds is 4. The van der Waals surface area contributed by atoms with Gasteiger partial charge in [0, 0.05) is 25.7 Å². The minimum Gasteiger partial charge on any atom is -0.384 e. The number of hydrogen-bond acceptors (Lipinski definition) is 5. The van der Waals surface area contributed by atoms with E-state index in [2.05, 4.69) is 41.2 Å². The predicted molar refractivity (Wildman–Crippen MR) is 94.9 cm³/mol. The van der Waals surface area contributed by atoms with E-state index in [-0.39, 0.29) is 12.2 Å². The van der Waals surface area contributed by atoms with Gasteiger partial charge in [0.15, 0.2) is 0 Å². The molecule has 0 bridgehead atoms. The summed E-state index contributed by atoms with van der Waals surface area (Å²) in [5.41, 5.74) is 7.08. The summed E-state index contributed by atoms with van der Waals surface area (Å²) in [5, 5.41) is 3.53. The zero-order chi connectivity index (χ0) is 16.2. The average Bonchev–Trinajstić information content (AvgIpc) is 2.54. The van der Waals surface area contributed by atoms with Crippen LogP contribution in [0.5, 0.6) is 0 Å². The molecule has 0 amide bonds. The molecule has 2 fully saturated rings. The number of ether oxygens (including phenoxy) is 1. The van der Waals surface area contributed by atoms with Crippen molar-refractivity contribution >= 4 is 11.5 Å². The van der Waals surface area contributed by atoms with E-state index in [1.807, 2.05) is 6.20 Å². The molecule has 2 aliphatic rings. The van der Waals surface area contributed by atoms with E-state index in [9.17, 15) is 0 Å². The van der Waals surface area contributed by atoms with Gasteiger partial charge in [0.25, 0.3) is 0 Å². The Kier molecular flexibility index (Phi) is 5.38. The predicted octanol–water partition coefficient (Wildman–Crippen LogP) is 2.62. The largest absolute Gasteiger partial charge is 0.384 e. The second-order valence-electron chi connectivity index (χ2n) is 7.23. The van der Waals surface area contributed by atoms with Crippen LogP contribution >= 0.6 is 0 Å². The molecule has 5 heteroatoms. The minimum atomic E-state index is 0.260. The third kappa shape index (κ3) is 4.58. The topological polar surface area (TPSA) is 63.4 Å². The maximum atomic E-state index is 5.97. The van der Waals surface area contributed by atoms with E-state index in [0.29, 0.717) is 6.04 Å². The number of morpholine rings is 1. The summed E-state index contributed by atoms with van der Waals surface area (Å²) in [6, 6.07) is 4.68. The lowest BCUT2D eigenvalue weighted by atomic mass is 9.86. The molecular formula is C18H30N4O. The second-order valence-corrected chi connectivity index (χ2v) is 7.23. The van der Waals surface area contributed by atoms with E-state index in [1.54, 1.807) is 0 Å². The summed E-state index contributed by atoms with van der Waals surface area (Å²) >= 11 is 0. The molecule has 3 N–H and O–H groups in total. The van der Waals surface area contributed by atoms with Gasteiger partial charge in [-0.2, -0.15) is 0 Å². The van der Waals surface area contributed by atoms with Crippen molar-refractivity contribution in [3.05, 3.63) is 18.3 Å². The first-order valence-electron chi connectivity index (χ1n) is 8.96. The van der Waals surface area contributed by atoms with E-state index < -0.39 is 0 Å². The zero-order valence-corrected chi connectivity index (χ0v) is 14.4. The SMILES string of the molecule is C[C@@H]1CN(c2ccc(NCC3CCC(N)CC3)cn2)C[C@H](C)O1. The first-order chi connectivity index (χ1) is 11.1. The Labute approximate surface area is 139 Å². The fourth-order valence-corrected chi connectivity index (χ4v) is 3.70. The standard InChI is InChI=1S/C18H30N4O/c1-13-11-22(12-14(2)23-13)18-8-7-17(10-21-18)20-9-15-3-5-16(19)6-4-15/h7-8,10,13-16,20H,3-6,9,11-12,19H2,1-2H3/t13-,14+,15?,16?. The first kappa shape index (κ1) is 16.5. The van der Waals surface area contributed by atoms with Gasteiger partial charge in [-0.15, -0.1) is 0 Å². The maximum Gasteiger partial charge on any atom is 0.128 e. The smallest absolute Gasteiger partial charge is 0.128 e. The molecule has 0 spiro atoms. The summed E-state index contributed by atoms with van der Waals surface area (Å²) in [5.74, 6) is 1.79. The van der Waals surface area contributed by atoms with Crippen molar-refractivity contribution in [2.45, 2.75) is 57.8 Å². The van der Waals surface area contributed by atoms with Crippen molar-refractivity contribution in [2.24, 2.45) is 11.7 Å². The van der Waals surface area contributed by atoms with E-state index in [4.69, 9.17) is 10.5 Å². The normalized spacial score (nSPS) is 31.9. The first-order valence-corrected chi connectivity index (χ1v) is 8.96. The number of hydrogen-bond donors (Lipinski definition) is 2. The van der Waals surface area contributed by atoms with Crippen LogP contribution in [0, 0.1) is 5.92 Å². The number of nitrogens with two attached hydrogens (primary N) is 1. The van der Waals surface area contributed by atoms with Gasteiger partial charge in [0.2, 0.25) is 0 Å². The highest BCUT2D eigenvalue weighted by Gasteiger charge is 2.23. The minimum absolute atomic E-state index is 0.260. The Balaban J connectivity index is 1.51. The number of nitrogens with zero attached hydrogens (tertiary/aromatic N) is 2. The zero-order valence-electron chi connectivity index (χ0n) is 14.4. The Morgan fingerprint density at radius 2 is 1.87 bits per heavy atom. The lowest BCUT2D eigenvalue weighted by Gasteiger charge is -2.36. The van der Waals surface area contributed by atoms with Gasteiger partial charge in [-0.25, -0.2) is 4.98 Å². The van der Waals surface area contributed by atoms with Crippen molar-refractivity contribution in [2.75, 3.05) is 29.9 Å². The molecule has 128 valence electrons. The van der Waals surface area contributed by atoms with Crippen LogP contribution in [0.15, 0.2) is 18.3 Å². The highest BCUT2D eigenvalue weighted by atomic mass is 16.5. The van der Waals surface area contributed by atoms with Crippen LogP contribution in [0.25, 0.3) is 0 Å². The third-order valence-electron chi connectivity index (χ3n) is 4.98. The summed E-state index contributed by atoms with van der Waals surface area (Å²) in [7, 11) is 0. The van der Waals surface area contributed by atoms with Crippen molar-refractivity contribution in [1.29, 1.82) is 0 Å². The molecule has 3 rings (SSSR count). The number of aromatic nitrogens is 1. The summed E-state index contributed by atoms with van der Waals surface area (Å²) in [6.45, 7) is 7.08. The maximum absolute atomic E-state index is 5.97. The molecule has 1 saturated heterocycles. The Bertz CT molecular complexity index is 474. The molecular weight excluding hydrogens is 288 g/mol. The molecule has 1 saturated carbocycles. The summed E-state index contributed by atoms with van der Waals surface area (Å²) < 4.78 is 5.78. The number of nitrogens with one attached hydrogen (secondary N) is 1. The number of pyridine rings is 1. The van der Waals surface area contributed by atoms with E-state index >= 15 is 0 Å². The lowest BCUT2D eigenvalue weighted by Crippen LogP contribution is -2.45. The second kappa shape index (κ2) is 7.49. The third-order valence-corrected chi connectivity index (χ3v) is 4.98. The highest BCUT2D eigenvalue weighted by Crippen LogP contribution is 2.24. The van der Waals surface area contributed by atoms with Crippen molar-refractivity contribution < 1.29 is 4.74 Å². The Morgan fingerprint density at radius 1 is 1.17 bits per heavy atom. The molecule has 1 aliphatic heterocycles. The van der Waals surface area contributed by atoms with Crippen LogP contribution in [0.1, 0.15) is 39.5 Å². The fraction of sp³-hybridized carbons (Fsp3) is 0.722. The highest BCUT2D eigenvalue weighted by molar-refractivity contribution is 5.49. The lowest BCUT2D eigenvalue weighted by molar-refractivity contribution is -0.00545. The summed E-state index contributed by atoms with van der Waals surface area (Å²) in [6.07, 6.45) is 7.28. The fourth-order valence-electron chi connectivity index (χ4n) is 3.70. The van der Waals surface area contributed by atoms with E-state index in [1.165, 1.54) is 12.8 Å². The molecule has 5 nitrogen and oxygen atoms in total. The van der Waals surface area contributed by atoms with Gasteiger partial charge in [0.1, 0.15) is 5.82 Å². The molecule has 1 aromatic heterocycles. The van der Waals surface area contributed by atoms with Crippen LogP contribution in [-0.2, 0) is 4.74 Å². The van der Waals surface area contributed by atoms with Gasteiger partial charge in [-0.05, 0) is 57.6 Å². The van der Waals surface area contributed by atoms with Crippen LogP contribution < -0.4 is 16.0 Å². The monoisotopic (exact) mass is 318 g/mol. The Morgan fingerprint density at radius 3 is 2.48 bits per heavy atom. The van der Waals surface area contributed by atoms with Crippen LogP contribution in [0.3, 0.4) is 0 Å². The molecule has 2 heterocycles. The molecule has 2 atom stereocenters. The van der Waals surface area contributed by atoms with Crippen LogP contribution in [0.4, 0.5) is 11.5 Å². The van der Waals surface area contributed by atoms with Gasteiger partial charge >= 0.3 is 0 Å². The van der Waals surface area contributed by atoms with E-state index in [0.717, 1.165) is 49.9 Å². The van der Waals surface area contributed by atoms with Crippen molar-refractivity contribution in [3.8, 4) is 0 Å². The number of anilines is 2. The van der Waals surface area contributed by atoms with Crippen molar-refractivity contribution in [1.82, 2.24) is 4.98 Å². The van der Waals surface area contributed by atoms with Gasteiger partial charge in [-0.1, -0.05) is 0 Å². The van der Waals surface area contributed by atoms with Crippen molar-refractivity contribution in [3.63, 3.8) is 0 Å². The molecule has 23 heavy (non-hydrogen) atoms. The van der Waals surface area contributed by atoms with Gasteiger partial charge in [-0.3, -0.25) is 0 Å². The van der Waals surface area contributed by atoms with Crippen LogP contribution in [0.2, 0.25) is 0 Å². The summed E-state index contributed by atoms with van der Waals surface area (Å²) in [4.78, 5) is 6.95. The molecule has 1 aliphatic carbocycles. The van der Waals surface area contributed by atoms with Crippen LogP contribution in [-0.4, -0.2) is 42.9 Å². The average molecular weight is 318 g/mol. The molecule has 0 radical (unpaired) electrons. The quantitative estimate of drug-likeness (QED) is 0.893. The molecule has 0 unspecified atom stereocenters.